The summed E-state index contributed by atoms with van der Waals surface area (Å²) in [6.45, 7) is 1.46. The molecule has 2 N–H and O–H groups in total. The Labute approximate surface area is 259 Å². The molecule has 1 fully saturated rings. The molecule has 1 aliphatic heterocycles. The smallest absolute Gasteiger partial charge is 0.468 e. The van der Waals surface area contributed by atoms with Gasteiger partial charge in [0, 0.05) is 28.6 Å². The summed E-state index contributed by atoms with van der Waals surface area (Å²) in [5, 5.41) is 12.6. The SMILES string of the molecule is C[C@@]1(C(=O)NC(Cc2ccc(-c3cccc4oc(C(F)(F)F)nc34)cc2)C(=O)O)CCCN1S(=O)(=O)c1cc(Cl)cc(Cl)c1. The Morgan fingerprint density at radius 2 is 1.77 bits per heavy atom. The largest absolute Gasteiger partial charge is 0.480 e. The summed E-state index contributed by atoms with van der Waals surface area (Å²) in [6, 6.07) is 13.2. The van der Waals surface area contributed by atoms with E-state index in [1.165, 1.54) is 37.3 Å². The van der Waals surface area contributed by atoms with Crippen molar-refractivity contribution in [1.29, 1.82) is 0 Å². The van der Waals surface area contributed by atoms with Crippen LogP contribution in [0.3, 0.4) is 0 Å². The lowest BCUT2D eigenvalue weighted by Gasteiger charge is -2.34. The summed E-state index contributed by atoms with van der Waals surface area (Å²) in [5.41, 5.74) is -0.212. The number of carbonyl (C=O) groups is 2. The van der Waals surface area contributed by atoms with E-state index in [4.69, 9.17) is 27.6 Å². The number of alkyl halides is 3. The van der Waals surface area contributed by atoms with Crippen LogP contribution in [0.15, 0.2) is 70.0 Å². The number of benzene rings is 3. The average Bonchev–Trinajstić information content (AvgIpc) is 3.58. The molecular weight excluding hydrogens is 646 g/mol. The maximum atomic E-state index is 13.5. The standard InChI is InChI=1S/C29H24Cl2F3N3O6S/c1-28(10-3-11-37(28)44(41,42)20-14-18(30)13-19(31)15-20)26(40)35-22(25(38)39)12-16-6-8-17(9-7-16)21-4-2-5-23-24(21)36-27(43-23)29(32,33)34/h2,4-9,13-15,22H,3,10-12H2,1H3,(H,35,40)(H,38,39)/t22?,28-/m0/s1. The van der Waals surface area contributed by atoms with Crippen LogP contribution in [0.5, 0.6) is 0 Å². The van der Waals surface area contributed by atoms with E-state index >= 15 is 0 Å². The minimum Gasteiger partial charge on any atom is -0.480 e. The monoisotopic (exact) mass is 669 g/mol. The molecule has 1 aromatic heterocycles. The number of oxazole rings is 1. The Hall–Kier alpha value is -3.65. The third kappa shape index (κ3) is 6.14. The summed E-state index contributed by atoms with van der Waals surface area (Å²) >= 11 is 12.0. The molecule has 2 atom stereocenters. The lowest BCUT2D eigenvalue weighted by Crippen LogP contribution is -2.58. The van der Waals surface area contributed by atoms with Crippen LogP contribution < -0.4 is 5.32 Å². The molecule has 1 saturated heterocycles. The van der Waals surface area contributed by atoms with Crippen LogP contribution in [0.1, 0.15) is 31.2 Å². The molecule has 1 aliphatic rings. The molecule has 2 heterocycles. The highest BCUT2D eigenvalue weighted by molar-refractivity contribution is 7.89. The van der Waals surface area contributed by atoms with E-state index in [0.717, 1.165) is 4.31 Å². The number of para-hydroxylation sites is 1. The predicted molar refractivity (Wildman–Crippen MR) is 156 cm³/mol. The van der Waals surface area contributed by atoms with Gasteiger partial charge in [0.05, 0.1) is 4.90 Å². The first kappa shape index (κ1) is 31.8. The number of aromatic nitrogens is 1. The number of sulfonamides is 1. The minimum atomic E-state index is -4.75. The predicted octanol–water partition coefficient (Wildman–Crippen LogP) is 6.18. The zero-order chi connectivity index (χ0) is 32.0. The van der Waals surface area contributed by atoms with Gasteiger partial charge in [-0.15, -0.1) is 0 Å². The molecule has 3 aromatic carbocycles. The van der Waals surface area contributed by atoms with Gasteiger partial charge in [-0.25, -0.2) is 18.2 Å². The molecule has 0 radical (unpaired) electrons. The fraction of sp³-hybridized carbons (Fsp3) is 0.276. The van der Waals surface area contributed by atoms with Gasteiger partial charge in [-0.2, -0.15) is 17.5 Å². The van der Waals surface area contributed by atoms with E-state index in [1.807, 2.05) is 0 Å². The van der Waals surface area contributed by atoms with Crippen LogP contribution >= 0.6 is 23.2 Å². The first-order valence-corrected chi connectivity index (χ1v) is 15.4. The van der Waals surface area contributed by atoms with Gasteiger partial charge >= 0.3 is 18.0 Å². The molecule has 1 unspecified atom stereocenters. The van der Waals surface area contributed by atoms with Crippen molar-refractivity contribution in [2.45, 2.75) is 48.8 Å². The number of rotatable bonds is 8. The number of hydrogen-bond acceptors (Lipinski definition) is 6. The van der Waals surface area contributed by atoms with Crippen LogP contribution in [-0.4, -0.2) is 52.8 Å². The van der Waals surface area contributed by atoms with Gasteiger partial charge in [-0.1, -0.05) is 59.6 Å². The summed E-state index contributed by atoms with van der Waals surface area (Å²) in [4.78, 5) is 29.1. The van der Waals surface area contributed by atoms with E-state index in [-0.39, 0.29) is 45.4 Å². The number of nitrogens with zero attached hydrogens (tertiary/aromatic N) is 2. The average molecular weight is 670 g/mol. The molecule has 44 heavy (non-hydrogen) atoms. The second-order valence-corrected chi connectivity index (χ2v) is 13.2. The van der Waals surface area contributed by atoms with Gasteiger partial charge in [0.25, 0.3) is 0 Å². The van der Waals surface area contributed by atoms with Crippen LogP contribution in [0.2, 0.25) is 10.0 Å². The number of hydrogen-bond donors (Lipinski definition) is 2. The van der Waals surface area contributed by atoms with Crippen LogP contribution in [0, 0.1) is 0 Å². The minimum absolute atomic E-state index is 0.0209. The second kappa shape index (κ2) is 11.7. The van der Waals surface area contributed by atoms with Crippen molar-refractivity contribution in [2.24, 2.45) is 0 Å². The number of nitrogens with one attached hydrogen (secondary N) is 1. The second-order valence-electron chi connectivity index (χ2n) is 10.5. The number of carboxylic acids is 1. The zero-order valence-corrected chi connectivity index (χ0v) is 25.2. The molecule has 232 valence electrons. The third-order valence-electron chi connectivity index (χ3n) is 7.46. The van der Waals surface area contributed by atoms with Gasteiger partial charge in [0.2, 0.25) is 15.9 Å². The molecular formula is C29H24Cl2F3N3O6S. The summed E-state index contributed by atoms with van der Waals surface area (Å²) in [5.74, 6) is -3.49. The Balaban J connectivity index is 1.35. The van der Waals surface area contributed by atoms with Gasteiger partial charge in [-0.05, 0) is 55.2 Å². The van der Waals surface area contributed by atoms with Crippen molar-refractivity contribution < 1.29 is 40.7 Å². The van der Waals surface area contributed by atoms with E-state index in [9.17, 15) is 36.3 Å². The molecule has 15 heteroatoms. The highest BCUT2D eigenvalue weighted by Crippen LogP contribution is 2.37. The Morgan fingerprint density at radius 3 is 2.39 bits per heavy atom. The van der Waals surface area contributed by atoms with Crippen LogP contribution in [0.25, 0.3) is 22.2 Å². The maximum Gasteiger partial charge on any atom is 0.468 e. The Bertz CT molecular complexity index is 1840. The summed E-state index contributed by atoms with van der Waals surface area (Å²) in [6.07, 6.45) is -4.40. The van der Waals surface area contributed by atoms with Gasteiger partial charge in [0.15, 0.2) is 5.58 Å². The molecule has 0 spiro atoms. The quantitative estimate of drug-likeness (QED) is 0.229. The number of halogens is 5. The molecule has 0 bridgehead atoms. The summed E-state index contributed by atoms with van der Waals surface area (Å²) < 4.78 is 72.2. The van der Waals surface area contributed by atoms with Gasteiger partial charge in [-0.3, -0.25) is 4.79 Å². The maximum absolute atomic E-state index is 13.5. The molecule has 1 amide bonds. The highest BCUT2D eigenvalue weighted by Gasteiger charge is 2.50. The lowest BCUT2D eigenvalue weighted by atomic mass is 9.97. The first-order valence-electron chi connectivity index (χ1n) is 13.2. The lowest BCUT2D eigenvalue weighted by molar-refractivity contribution is -0.156. The Morgan fingerprint density at radius 1 is 1.11 bits per heavy atom. The third-order valence-corrected chi connectivity index (χ3v) is 9.89. The van der Waals surface area contributed by atoms with Crippen molar-refractivity contribution in [1.82, 2.24) is 14.6 Å². The van der Waals surface area contributed by atoms with Crippen molar-refractivity contribution in [2.75, 3.05) is 6.54 Å². The van der Waals surface area contributed by atoms with Crippen molar-refractivity contribution in [3.05, 3.63) is 82.2 Å². The van der Waals surface area contributed by atoms with Gasteiger partial charge in [0.1, 0.15) is 17.1 Å². The van der Waals surface area contributed by atoms with Crippen molar-refractivity contribution in [3.63, 3.8) is 0 Å². The van der Waals surface area contributed by atoms with Crippen molar-refractivity contribution in [3.8, 4) is 11.1 Å². The van der Waals surface area contributed by atoms with E-state index in [1.54, 1.807) is 30.3 Å². The van der Waals surface area contributed by atoms with Crippen molar-refractivity contribution >= 4 is 56.2 Å². The number of fused-ring (bicyclic) bond motifs is 1. The van der Waals surface area contributed by atoms with E-state index in [0.29, 0.717) is 23.1 Å². The van der Waals surface area contributed by atoms with Crippen LogP contribution in [0.4, 0.5) is 13.2 Å². The molecule has 5 rings (SSSR count). The van der Waals surface area contributed by atoms with Crippen LogP contribution in [-0.2, 0) is 32.2 Å². The fourth-order valence-electron chi connectivity index (χ4n) is 5.23. The molecule has 4 aromatic rings. The fourth-order valence-corrected chi connectivity index (χ4v) is 7.76. The van der Waals surface area contributed by atoms with E-state index < -0.39 is 45.5 Å². The molecule has 9 nitrogen and oxygen atoms in total. The normalized spacial score (nSPS) is 18.4. The molecule has 0 saturated carbocycles. The number of carbonyl (C=O) groups excluding carboxylic acids is 1. The topological polar surface area (TPSA) is 130 Å². The Kier molecular flexibility index (Phi) is 8.44. The highest BCUT2D eigenvalue weighted by atomic mass is 35.5. The number of carboxylic acid groups (broad SMARTS) is 1. The number of amides is 1. The zero-order valence-electron chi connectivity index (χ0n) is 22.9. The van der Waals surface area contributed by atoms with Gasteiger partial charge < -0.3 is 14.8 Å². The van der Waals surface area contributed by atoms with E-state index in [2.05, 4.69) is 10.3 Å². The first-order chi connectivity index (χ1) is 20.6. The summed E-state index contributed by atoms with van der Waals surface area (Å²) in [7, 11) is -4.22. The number of aliphatic carboxylic acids is 1. The molecule has 0 aliphatic carbocycles.